The van der Waals surface area contributed by atoms with E-state index in [4.69, 9.17) is 5.11 Å². The first-order chi connectivity index (χ1) is 5.65. The number of hydrogen-bond acceptors (Lipinski definition) is 3. The van der Waals surface area contributed by atoms with Crippen LogP contribution in [0.1, 0.15) is 0 Å². The molecule has 0 aliphatic rings. The maximum Gasteiger partial charge on any atom is 0.328 e. The molecule has 1 aromatic heterocycles. The predicted molar refractivity (Wildman–Crippen MR) is 42.2 cm³/mol. The molecule has 1 heterocycles. The molecule has 0 aromatic carbocycles. The van der Waals surface area contributed by atoms with E-state index in [1.165, 1.54) is 19.3 Å². The highest BCUT2D eigenvalue weighted by molar-refractivity contribution is 5.76. The van der Waals surface area contributed by atoms with Gasteiger partial charge >= 0.3 is 6.03 Å². The average Bonchev–Trinajstić information content (AvgIpc) is 2.03. The van der Waals surface area contributed by atoms with Crippen molar-refractivity contribution in [3.05, 3.63) is 28.7 Å². The molecule has 0 spiro atoms. The Bertz CT molecular complexity index is 356. The van der Waals surface area contributed by atoms with Crippen LogP contribution in [0, 0.1) is 0 Å². The highest BCUT2D eigenvalue weighted by Gasteiger charge is 2.03. The fourth-order valence-corrected chi connectivity index (χ4v) is 0.757. The SMILES string of the molecule is CNC(=O)n1ccc(O)cc1=O. The van der Waals surface area contributed by atoms with Crippen LogP contribution < -0.4 is 10.9 Å². The molecule has 0 unspecified atom stereocenters. The average molecular weight is 168 g/mol. The van der Waals surface area contributed by atoms with Gasteiger partial charge in [-0.1, -0.05) is 0 Å². The molecular weight excluding hydrogens is 160 g/mol. The summed E-state index contributed by atoms with van der Waals surface area (Å²) in [5.41, 5.74) is -0.561. The van der Waals surface area contributed by atoms with E-state index >= 15 is 0 Å². The van der Waals surface area contributed by atoms with Gasteiger partial charge in [0.2, 0.25) is 0 Å². The van der Waals surface area contributed by atoms with Gasteiger partial charge in [0.05, 0.1) is 0 Å². The highest BCUT2D eigenvalue weighted by Crippen LogP contribution is 2.00. The van der Waals surface area contributed by atoms with Crippen molar-refractivity contribution in [3.63, 3.8) is 0 Å². The fraction of sp³-hybridized carbons (Fsp3) is 0.143. The molecular formula is C7H8N2O3. The van der Waals surface area contributed by atoms with Crippen molar-refractivity contribution >= 4 is 6.03 Å². The Morgan fingerprint density at radius 3 is 2.83 bits per heavy atom. The Morgan fingerprint density at radius 1 is 1.67 bits per heavy atom. The van der Waals surface area contributed by atoms with Crippen molar-refractivity contribution in [2.75, 3.05) is 7.05 Å². The lowest BCUT2D eigenvalue weighted by atomic mass is 10.4. The molecule has 0 radical (unpaired) electrons. The minimum absolute atomic E-state index is 0.153. The molecule has 12 heavy (non-hydrogen) atoms. The minimum Gasteiger partial charge on any atom is -0.508 e. The third kappa shape index (κ3) is 1.45. The van der Waals surface area contributed by atoms with Crippen LogP contribution in [0.3, 0.4) is 0 Å². The van der Waals surface area contributed by atoms with Gasteiger partial charge in [-0.15, -0.1) is 0 Å². The Labute approximate surface area is 68.3 Å². The molecule has 0 aliphatic heterocycles. The van der Waals surface area contributed by atoms with Gasteiger partial charge in [-0.2, -0.15) is 0 Å². The third-order valence-electron chi connectivity index (χ3n) is 1.34. The molecule has 2 N–H and O–H groups in total. The molecule has 1 amide bonds. The summed E-state index contributed by atoms with van der Waals surface area (Å²) in [5, 5.41) is 11.1. The van der Waals surface area contributed by atoms with E-state index in [9.17, 15) is 9.59 Å². The number of nitrogens with zero attached hydrogens (tertiary/aromatic N) is 1. The molecule has 0 saturated heterocycles. The van der Waals surface area contributed by atoms with E-state index in [0.717, 1.165) is 10.6 Å². The maximum atomic E-state index is 11.0. The molecule has 5 heteroatoms. The number of pyridine rings is 1. The topological polar surface area (TPSA) is 71.3 Å². The van der Waals surface area contributed by atoms with Crippen molar-refractivity contribution in [2.24, 2.45) is 0 Å². The first-order valence-corrected chi connectivity index (χ1v) is 3.29. The number of carbonyl (C=O) groups excluding carboxylic acids is 1. The fourth-order valence-electron chi connectivity index (χ4n) is 0.757. The van der Waals surface area contributed by atoms with Gasteiger partial charge < -0.3 is 10.4 Å². The quantitative estimate of drug-likeness (QED) is 0.560. The zero-order valence-corrected chi connectivity index (χ0v) is 6.44. The summed E-state index contributed by atoms with van der Waals surface area (Å²) in [7, 11) is 1.42. The summed E-state index contributed by atoms with van der Waals surface area (Å²) in [5.74, 6) is -0.153. The van der Waals surface area contributed by atoms with Crippen LogP contribution in [0.2, 0.25) is 0 Å². The molecule has 0 bridgehead atoms. The summed E-state index contributed by atoms with van der Waals surface area (Å²) >= 11 is 0. The first-order valence-electron chi connectivity index (χ1n) is 3.29. The van der Waals surface area contributed by atoms with Gasteiger partial charge in [0.1, 0.15) is 5.75 Å². The predicted octanol–water partition coefficient (Wildman–Crippen LogP) is -0.259. The van der Waals surface area contributed by atoms with Crippen molar-refractivity contribution in [2.45, 2.75) is 0 Å². The standard InChI is InChI=1S/C7H8N2O3/c1-8-7(12)9-3-2-5(10)4-6(9)11/h2-4,10H,1H3,(H,8,12). The summed E-state index contributed by atoms with van der Waals surface area (Å²) < 4.78 is 0.861. The summed E-state index contributed by atoms with van der Waals surface area (Å²) in [6, 6.07) is 1.70. The zero-order valence-electron chi connectivity index (χ0n) is 6.44. The van der Waals surface area contributed by atoms with Gasteiger partial charge in [-0.05, 0) is 6.07 Å². The van der Waals surface area contributed by atoms with Crippen LogP contribution >= 0.6 is 0 Å². The van der Waals surface area contributed by atoms with Crippen molar-refractivity contribution in [1.82, 2.24) is 9.88 Å². The van der Waals surface area contributed by atoms with E-state index in [1.54, 1.807) is 0 Å². The smallest absolute Gasteiger partial charge is 0.328 e. The lowest BCUT2D eigenvalue weighted by molar-refractivity contribution is 0.243. The Morgan fingerprint density at radius 2 is 2.33 bits per heavy atom. The molecule has 0 atom stereocenters. The summed E-state index contributed by atoms with van der Waals surface area (Å²) in [6.45, 7) is 0. The van der Waals surface area contributed by atoms with Crippen molar-refractivity contribution in [1.29, 1.82) is 0 Å². The molecule has 0 aliphatic carbocycles. The molecule has 0 fully saturated rings. The Balaban J connectivity index is 3.19. The van der Waals surface area contributed by atoms with Gasteiger partial charge in [0.15, 0.2) is 0 Å². The number of aromatic hydroxyl groups is 1. The highest BCUT2D eigenvalue weighted by atomic mass is 16.3. The zero-order chi connectivity index (χ0) is 9.14. The van der Waals surface area contributed by atoms with Crippen LogP contribution in [0.5, 0.6) is 5.75 Å². The molecule has 1 rings (SSSR count). The maximum absolute atomic E-state index is 11.0. The molecule has 0 saturated carbocycles. The first kappa shape index (κ1) is 8.32. The number of carbonyl (C=O) groups is 1. The monoisotopic (exact) mass is 168 g/mol. The van der Waals surface area contributed by atoms with Crippen molar-refractivity contribution < 1.29 is 9.90 Å². The van der Waals surface area contributed by atoms with Gasteiger partial charge in [0, 0.05) is 19.3 Å². The van der Waals surface area contributed by atoms with Gasteiger partial charge in [-0.3, -0.25) is 4.79 Å². The van der Waals surface area contributed by atoms with E-state index in [1.807, 2.05) is 0 Å². The van der Waals surface area contributed by atoms with E-state index < -0.39 is 11.6 Å². The van der Waals surface area contributed by atoms with E-state index in [2.05, 4.69) is 5.32 Å². The van der Waals surface area contributed by atoms with E-state index in [-0.39, 0.29) is 5.75 Å². The van der Waals surface area contributed by atoms with Crippen LogP contribution in [0.25, 0.3) is 0 Å². The Hall–Kier alpha value is -1.78. The van der Waals surface area contributed by atoms with Crippen LogP contribution in [-0.2, 0) is 0 Å². The number of hydrogen-bond donors (Lipinski definition) is 2. The number of amides is 1. The molecule has 5 nitrogen and oxygen atoms in total. The van der Waals surface area contributed by atoms with Gasteiger partial charge in [0.25, 0.3) is 5.56 Å². The van der Waals surface area contributed by atoms with Gasteiger partial charge in [-0.25, -0.2) is 9.36 Å². The second kappa shape index (κ2) is 3.08. The van der Waals surface area contributed by atoms with Crippen molar-refractivity contribution in [3.8, 4) is 5.75 Å². The molecule has 64 valence electrons. The summed E-state index contributed by atoms with van der Waals surface area (Å²) in [4.78, 5) is 21.9. The number of rotatable bonds is 0. The van der Waals surface area contributed by atoms with E-state index in [0.29, 0.717) is 0 Å². The van der Waals surface area contributed by atoms with Crippen LogP contribution in [-0.4, -0.2) is 22.8 Å². The third-order valence-corrected chi connectivity index (χ3v) is 1.34. The number of aromatic nitrogens is 1. The second-order valence-corrected chi connectivity index (χ2v) is 2.15. The second-order valence-electron chi connectivity index (χ2n) is 2.15. The largest absolute Gasteiger partial charge is 0.508 e. The van der Waals surface area contributed by atoms with Crippen LogP contribution in [0.15, 0.2) is 23.1 Å². The summed E-state index contributed by atoms with van der Waals surface area (Å²) in [6.07, 6.45) is 1.20. The lowest BCUT2D eigenvalue weighted by Gasteiger charge is -2.01. The minimum atomic E-state index is -0.561. The number of nitrogens with one attached hydrogen (secondary N) is 1. The lowest BCUT2D eigenvalue weighted by Crippen LogP contribution is -2.32. The van der Waals surface area contributed by atoms with Crippen LogP contribution in [0.4, 0.5) is 4.79 Å². The molecule has 1 aromatic rings. The normalized spacial score (nSPS) is 9.42. The Kier molecular flexibility index (Phi) is 2.14.